The van der Waals surface area contributed by atoms with E-state index < -0.39 is 6.10 Å². The van der Waals surface area contributed by atoms with Crippen molar-refractivity contribution in [3.8, 4) is 0 Å². The number of nitrogens with one attached hydrogen (secondary N) is 1. The number of aliphatic hydroxyl groups excluding tert-OH is 1. The third kappa shape index (κ3) is 4.23. The van der Waals surface area contributed by atoms with Gasteiger partial charge in [0.15, 0.2) is 0 Å². The molecule has 1 aromatic carbocycles. The number of carbonyl (C=O) groups excluding carboxylic acids is 1. The van der Waals surface area contributed by atoms with Crippen LogP contribution in [0.3, 0.4) is 0 Å². The molecule has 0 aliphatic rings. The van der Waals surface area contributed by atoms with Gasteiger partial charge in [0.2, 0.25) is 0 Å². The van der Waals surface area contributed by atoms with Crippen molar-refractivity contribution in [2.45, 2.75) is 20.0 Å². The summed E-state index contributed by atoms with van der Waals surface area (Å²) in [7, 11) is 0. The molecule has 0 bridgehead atoms. The molecule has 0 aromatic heterocycles. The Morgan fingerprint density at radius 1 is 1.53 bits per heavy atom. The summed E-state index contributed by atoms with van der Waals surface area (Å²) < 4.78 is 13.4. The number of rotatable bonds is 4. The maximum atomic E-state index is 12.9. The third-order valence-electron chi connectivity index (χ3n) is 2.42. The SMILES string of the molecule is CC(C)C(O)CNC(=O)c1ccc(F)cc1I. The van der Waals surface area contributed by atoms with Gasteiger partial charge in [-0.25, -0.2) is 4.39 Å². The van der Waals surface area contributed by atoms with Crippen LogP contribution >= 0.6 is 22.6 Å². The van der Waals surface area contributed by atoms with Crippen molar-refractivity contribution < 1.29 is 14.3 Å². The van der Waals surface area contributed by atoms with Gasteiger partial charge in [-0.3, -0.25) is 4.79 Å². The second-order valence-corrected chi connectivity index (χ2v) is 5.31. The van der Waals surface area contributed by atoms with Crippen molar-refractivity contribution >= 4 is 28.5 Å². The molecule has 0 heterocycles. The molecule has 1 rings (SSSR count). The summed E-state index contributed by atoms with van der Waals surface area (Å²) in [6.07, 6.45) is -0.572. The van der Waals surface area contributed by atoms with E-state index >= 15 is 0 Å². The molecular weight excluding hydrogens is 336 g/mol. The van der Waals surface area contributed by atoms with Crippen LogP contribution in [0.5, 0.6) is 0 Å². The lowest BCUT2D eigenvalue weighted by Gasteiger charge is -2.15. The predicted molar refractivity (Wildman–Crippen MR) is 72.3 cm³/mol. The Labute approximate surface area is 114 Å². The maximum Gasteiger partial charge on any atom is 0.252 e. The second kappa shape index (κ2) is 6.30. The molecule has 1 aromatic rings. The van der Waals surface area contributed by atoms with Gasteiger partial charge < -0.3 is 10.4 Å². The number of aliphatic hydroxyl groups is 1. The van der Waals surface area contributed by atoms with Crippen molar-refractivity contribution in [2.24, 2.45) is 5.92 Å². The Bertz CT molecular complexity index is 409. The molecule has 1 atom stereocenters. The fourth-order valence-corrected chi connectivity index (χ4v) is 1.92. The Morgan fingerprint density at radius 3 is 2.71 bits per heavy atom. The lowest BCUT2D eigenvalue weighted by molar-refractivity contribution is 0.0871. The third-order valence-corrected chi connectivity index (χ3v) is 3.31. The highest BCUT2D eigenvalue weighted by molar-refractivity contribution is 14.1. The summed E-state index contributed by atoms with van der Waals surface area (Å²) in [4.78, 5) is 11.8. The zero-order chi connectivity index (χ0) is 13.0. The summed E-state index contributed by atoms with van der Waals surface area (Å²) in [6.45, 7) is 3.95. The van der Waals surface area contributed by atoms with Gasteiger partial charge in [-0.2, -0.15) is 0 Å². The molecule has 5 heteroatoms. The molecular formula is C12H15FINO2. The first-order chi connectivity index (χ1) is 7.91. The minimum Gasteiger partial charge on any atom is -0.391 e. The lowest BCUT2D eigenvalue weighted by atomic mass is 10.1. The first kappa shape index (κ1) is 14.4. The van der Waals surface area contributed by atoms with Gasteiger partial charge in [-0.05, 0) is 46.7 Å². The summed E-state index contributed by atoms with van der Waals surface area (Å²) in [5, 5.41) is 12.2. The van der Waals surface area contributed by atoms with Gasteiger partial charge in [-0.15, -0.1) is 0 Å². The summed E-state index contributed by atoms with van der Waals surface area (Å²) in [6, 6.07) is 3.98. The van der Waals surface area contributed by atoms with E-state index in [9.17, 15) is 14.3 Å². The standard InChI is InChI=1S/C12H15FINO2/c1-7(2)11(16)6-15-12(17)9-4-3-8(13)5-10(9)14/h3-5,7,11,16H,6H2,1-2H3,(H,15,17). The molecule has 0 aliphatic carbocycles. The van der Waals surface area contributed by atoms with E-state index in [1.54, 1.807) is 0 Å². The topological polar surface area (TPSA) is 49.3 Å². The Balaban J connectivity index is 2.64. The molecule has 17 heavy (non-hydrogen) atoms. The number of amides is 1. The Morgan fingerprint density at radius 2 is 2.18 bits per heavy atom. The summed E-state index contributed by atoms with van der Waals surface area (Å²) in [5.41, 5.74) is 0.419. The fourth-order valence-electron chi connectivity index (χ4n) is 1.20. The zero-order valence-corrected chi connectivity index (χ0v) is 11.9. The highest BCUT2D eigenvalue weighted by Crippen LogP contribution is 2.13. The molecule has 0 saturated carbocycles. The van der Waals surface area contributed by atoms with Crippen LogP contribution in [-0.2, 0) is 0 Å². The van der Waals surface area contributed by atoms with Crippen molar-refractivity contribution in [2.75, 3.05) is 6.54 Å². The van der Waals surface area contributed by atoms with E-state index in [0.717, 1.165) is 0 Å². The van der Waals surface area contributed by atoms with Crippen LogP contribution in [0.15, 0.2) is 18.2 Å². The zero-order valence-electron chi connectivity index (χ0n) is 9.71. The Hall–Kier alpha value is -0.690. The number of halogens is 2. The number of hydrogen-bond donors (Lipinski definition) is 2. The fraction of sp³-hybridized carbons (Fsp3) is 0.417. The van der Waals surface area contributed by atoms with Crippen LogP contribution in [-0.4, -0.2) is 23.7 Å². The quantitative estimate of drug-likeness (QED) is 0.817. The van der Waals surface area contributed by atoms with E-state index in [1.807, 2.05) is 36.4 Å². The lowest BCUT2D eigenvalue weighted by Crippen LogP contribution is -2.35. The minimum atomic E-state index is -0.572. The normalized spacial score (nSPS) is 12.6. The van der Waals surface area contributed by atoms with Crippen LogP contribution in [0, 0.1) is 15.3 Å². The minimum absolute atomic E-state index is 0.0857. The van der Waals surface area contributed by atoms with Gasteiger partial charge in [0.05, 0.1) is 11.7 Å². The monoisotopic (exact) mass is 351 g/mol. The summed E-state index contributed by atoms with van der Waals surface area (Å²) >= 11 is 1.91. The molecule has 94 valence electrons. The smallest absolute Gasteiger partial charge is 0.252 e. The van der Waals surface area contributed by atoms with E-state index in [4.69, 9.17) is 0 Å². The molecule has 2 N–H and O–H groups in total. The molecule has 0 radical (unpaired) electrons. The highest BCUT2D eigenvalue weighted by Gasteiger charge is 2.14. The molecule has 0 spiro atoms. The largest absolute Gasteiger partial charge is 0.391 e. The molecule has 1 unspecified atom stereocenters. The van der Waals surface area contributed by atoms with Crippen LogP contribution < -0.4 is 5.32 Å². The predicted octanol–water partition coefficient (Wildman–Crippen LogP) is 2.18. The molecule has 0 fully saturated rings. The number of carbonyl (C=O) groups is 1. The molecule has 3 nitrogen and oxygen atoms in total. The first-order valence-corrected chi connectivity index (χ1v) is 6.41. The van der Waals surface area contributed by atoms with E-state index in [2.05, 4.69) is 5.32 Å². The average molecular weight is 351 g/mol. The van der Waals surface area contributed by atoms with E-state index in [-0.39, 0.29) is 24.2 Å². The van der Waals surface area contributed by atoms with Crippen molar-refractivity contribution in [3.05, 3.63) is 33.1 Å². The van der Waals surface area contributed by atoms with Gasteiger partial charge in [-0.1, -0.05) is 13.8 Å². The maximum absolute atomic E-state index is 12.9. The van der Waals surface area contributed by atoms with Crippen molar-refractivity contribution in [1.82, 2.24) is 5.32 Å². The number of benzene rings is 1. The van der Waals surface area contributed by atoms with Crippen LogP contribution in [0.2, 0.25) is 0 Å². The van der Waals surface area contributed by atoms with E-state index in [1.165, 1.54) is 18.2 Å². The van der Waals surface area contributed by atoms with Gasteiger partial charge >= 0.3 is 0 Å². The van der Waals surface area contributed by atoms with Crippen LogP contribution in [0.4, 0.5) is 4.39 Å². The molecule has 0 saturated heterocycles. The number of hydrogen-bond acceptors (Lipinski definition) is 2. The van der Waals surface area contributed by atoms with Gasteiger partial charge in [0, 0.05) is 10.1 Å². The van der Waals surface area contributed by atoms with Crippen LogP contribution in [0.25, 0.3) is 0 Å². The van der Waals surface area contributed by atoms with Gasteiger partial charge in [0.25, 0.3) is 5.91 Å². The molecule has 1 amide bonds. The average Bonchev–Trinajstić information content (AvgIpc) is 2.25. The highest BCUT2D eigenvalue weighted by atomic mass is 127. The second-order valence-electron chi connectivity index (χ2n) is 4.15. The Kier molecular flexibility index (Phi) is 5.32. The van der Waals surface area contributed by atoms with Crippen molar-refractivity contribution in [1.29, 1.82) is 0 Å². The molecule has 0 aliphatic heterocycles. The van der Waals surface area contributed by atoms with Crippen molar-refractivity contribution in [3.63, 3.8) is 0 Å². The van der Waals surface area contributed by atoms with E-state index in [0.29, 0.717) is 9.13 Å². The first-order valence-electron chi connectivity index (χ1n) is 5.33. The summed E-state index contributed by atoms with van der Waals surface area (Å²) in [5.74, 6) is -0.579. The van der Waals surface area contributed by atoms with Gasteiger partial charge in [0.1, 0.15) is 5.82 Å². The van der Waals surface area contributed by atoms with Crippen LogP contribution in [0.1, 0.15) is 24.2 Å².